The van der Waals surface area contributed by atoms with Gasteiger partial charge in [-0.3, -0.25) is 5.32 Å². The van der Waals surface area contributed by atoms with Crippen LogP contribution in [0.5, 0.6) is 0 Å². The molecule has 104 valence electrons. The Labute approximate surface area is 108 Å². The molecule has 1 fully saturated rings. The van der Waals surface area contributed by atoms with Gasteiger partial charge in [-0.1, -0.05) is 20.8 Å². The van der Waals surface area contributed by atoms with Crippen LogP contribution in [0.15, 0.2) is 0 Å². The van der Waals surface area contributed by atoms with E-state index in [-0.39, 0.29) is 23.5 Å². The molecule has 0 saturated carbocycles. The molecule has 1 aliphatic rings. The van der Waals surface area contributed by atoms with E-state index in [1.54, 1.807) is 0 Å². The molecule has 0 aromatic rings. The molecule has 1 unspecified atom stereocenters. The summed E-state index contributed by atoms with van der Waals surface area (Å²) in [5, 5.41) is 3.19. The number of esters is 2. The van der Waals surface area contributed by atoms with Crippen molar-refractivity contribution in [3.63, 3.8) is 0 Å². The lowest BCUT2D eigenvalue weighted by Gasteiger charge is -2.25. The molecule has 1 rings (SSSR count). The molecule has 5 heteroatoms. The number of nitrogens with one attached hydrogen (secondary N) is 1. The fourth-order valence-electron chi connectivity index (χ4n) is 2.25. The van der Waals surface area contributed by atoms with Crippen molar-refractivity contribution < 1.29 is 19.1 Å². The van der Waals surface area contributed by atoms with Crippen molar-refractivity contribution in [1.29, 1.82) is 0 Å². The van der Waals surface area contributed by atoms with E-state index in [0.29, 0.717) is 6.42 Å². The number of carbonyl (C=O) groups is 2. The van der Waals surface area contributed by atoms with Crippen molar-refractivity contribution >= 4 is 11.9 Å². The quantitative estimate of drug-likeness (QED) is 0.606. The zero-order valence-corrected chi connectivity index (χ0v) is 12.0. The first-order chi connectivity index (χ1) is 8.04. The summed E-state index contributed by atoms with van der Waals surface area (Å²) < 4.78 is 9.48. The maximum absolute atomic E-state index is 12.1. The van der Waals surface area contributed by atoms with Gasteiger partial charge < -0.3 is 9.47 Å². The van der Waals surface area contributed by atoms with Gasteiger partial charge in [-0.2, -0.15) is 0 Å². The van der Waals surface area contributed by atoms with Crippen LogP contribution in [0.2, 0.25) is 0 Å². The fourth-order valence-corrected chi connectivity index (χ4v) is 2.25. The molecule has 0 aliphatic carbocycles. The zero-order valence-electron chi connectivity index (χ0n) is 12.0. The standard InChI is InChI=1S/C13H23NO4/c1-11(2,3)8-13(12(4,5)14-13)10(16)18-7-9(15)17-6/h14H,7-8H2,1-6H3. The number of methoxy groups -OCH3 is 1. The van der Waals surface area contributed by atoms with Crippen LogP contribution in [0.3, 0.4) is 0 Å². The molecule has 0 aromatic carbocycles. The number of hydrogen-bond donors (Lipinski definition) is 1. The van der Waals surface area contributed by atoms with Gasteiger partial charge in [-0.15, -0.1) is 0 Å². The van der Waals surface area contributed by atoms with Gasteiger partial charge in [0.2, 0.25) is 0 Å². The predicted octanol–water partition coefficient (Wildman–Crippen LogP) is 1.26. The van der Waals surface area contributed by atoms with Crippen LogP contribution < -0.4 is 5.32 Å². The normalized spacial score (nSPS) is 25.4. The van der Waals surface area contributed by atoms with E-state index in [1.807, 2.05) is 13.8 Å². The average molecular weight is 257 g/mol. The van der Waals surface area contributed by atoms with E-state index in [0.717, 1.165) is 0 Å². The third-order valence-electron chi connectivity index (χ3n) is 3.22. The van der Waals surface area contributed by atoms with E-state index in [4.69, 9.17) is 4.74 Å². The van der Waals surface area contributed by atoms with Crippen LogP contribution in [-0.4, -0.2) is 36.7 Å². The first kappa shape index (κ1) is 15.0. The molecule has 5 nitrogen and oxygen atoms in total. The maximum Gasteiger partial charge on any atom is 0.344 e. The third-order valence-corrected chi connectivity index (χ3v) is 3.22. The first-order valence-electron chi connectivity index (χ1n) is 6.07. The van der Waals surface area contributed by atoms with Gasteiger partial charge in [0.25, 0.3) is 0 Å². The van der Waals surface area contributed by atoms with Crippen LogP contribution >= 0.6 is 0 Å². The van der Waals surface area contributed by atoms with Gasteiger partial charge in [-0.25, -0.2) is 9.59 Å². The summed E-state index contributed by atoms with van der Waals surface area (Å²) in [4.78, 5) is 23.1. The molecule has 0 spiro atoms. The molecule has 1 atom stereocenters. The Balaban J connectivity index is 2.70. The lowest BCUT2D eigenvalue weighted by Crippen LogP contribution is -2.38. The van der Waals surface area contributed by atoms with Crippen molar-refractivity contribution in [3.8, 4) is 0 Å². The first-order valence-corrected chi connectivity index (χ1v) is 6.07. The Morgan fingerprint density at radius 1 is 1.22 bits per heavy atom. The Bertz CT molecular complexity index is 356. The molecule has 0 aromatic heterocycles. The summed E-state index contributed by atoms with van der Waals surface area (Å²) >= 11 is 0. The number of rotatable bonds is 4. The summed E-state index contributed by atoms with van der Waals surface area (Å²) in [6.45, 7) is 9.78. The van der Waals surface area contributed by atoms with Gasteiger partial charge in [0.05, 0.1) is 7.11 Å². The minimum Gasteiger partial charge on any atom is -0.466 e. The highest BCUT2D eigenvalue weighted by Gasteiger charge is 2.68. The summed E-state index contributed by atoms with van der Waals surface area (Å²) in [6.07, 6.45) is 0.660. The second-order valence-corrected chi connectivity index (χ2v) is 6.55. The van der Waals surface area contributed by atoms with Crippen molar-refractivity contribution in [1.82, 2.24) is 5.32 Å². The third kappa shape index (κ3) is 3.02. The van der Waals surface area contributed by atoms with Crippen LogP contribution in [0.25, 0.3) is 0 Å². The van der Waals surface area contributed by atoms with Gasteiger partial charge >= 0.3 is 11.9 Å². The Hall–Kier alpha value is -1.10. The van der Waals surface area contributed by atoms with Gasteiger partial charge in [-0.05, 0) is 25.7 Å². The smallest absolute Gasteiger partial charge is 0.344 e. The highest BCUT2D eigenvalue weighted by molar-refractivity contribution is 5.89. The van der Waals surface area contributed by atoms with Crippen molar-refractivity contribution in [3.05, 3.63) is 0 Å². The van der Waals surface area contributed by atoms with Crippen LogP contribution in [0.4, 0.5) is 0 Å². The highest BCUT2D eigenvalue weighted by Crippen LogP contribution is 2.46. The van der Waals surface area contributed by atoms with Crippen molar-refractivity contribution in [2.24, 2.45) is 5.41 Å². The van der Waals surface area contributed by atoms with Crippen LogP contribution in [-0.2, 0) is 19.1 Å². The molecule has 0 amide bonds. The fraction of sp³-hybridized carbons (Fsp3) is 0.846. The van der Waals surface area contributed by atoms with Gasteiger partial charge in [0.1, 0.15) is 5.54 Å². The lowest BCUT2D eigenvalue weighted by atomic mass is 9.79. The molecule has 1 N–H and O–H groups in total. The Morgan fingerprint density at radius 2 is 1.72 bits per heavy atom. The molecular weight excluding hydrogens is 234 g/mol. The van der Waals surface area contributed by atoms with Crippen LogP contribution in [0, 0.1) is 5.41 Å². The minimum absolute atomic E-state index is 0.00887. The lowest BCUT2D eigenvalue weighted by molar-refractivity contribution is -0.159. The largest absolute Gasteiger partial charge is 0.466 e. The SMILES string of the molecule is COC(=O)COC(=O)C1(CC(C)(C)C)NC1(C)C. The number of ether oxygens (including phenoxy) is 2. The van der Waals surface area contributed by atoms with Gasteiger partial charge in [0.15, 0.2) is 6.61 Å². The molecule has 0 bridgehead atoms. The number of hydrogen-bond acceptors (Lipinski definition) is 5. The summed E-state index contributed by atoms with van der Waals surface area (Å²) in [5.74, 6) is -0.930. The highest BCUT2D eigenvalue weighted by atomic mass is 16.6. The van der Waals surface area contributed by atoms with E-state index in [2.05, 4.69) is 30.8 Å². The molecule has 0 radical (unpaired) electrons. The second kappa shape index (κ2) is 4.53. The molecule has 1 heterocycles. The van der Waals surface area contributed by atoms with Crippen molar-refractivity contribution in [2.45, 2.75) is 52.1 Å². The monoisotopic (exact) mass is 257 g/mol. The topological polar surface area (TPSA) is 74.5 Å². The maximum atomic E-state index is 12.1. The summed E-state index contributed by atoms with van der Waals surface area (Å²) in [5.41, 5.74) is -1.00. The van der Waals surface area contributed by atoms with E-state index >= 15 is 0 Å². The van der Waals surface area contributed by atoms with Gasteiger partial charge in [0, 0.05) is 5.54 Å². The molecule has 1 saturated heterocycles. The number of carbonyl (C=O) groups excluding carboxylic acids is 2. The Morgan fingerprint density at radius 3 is 2.06 bits per heavy atom. The second-order valence-electron chi connectivity index (χ2n) is 6.55. The summed E-state index contributed by atoms with van der Waals surface area (Å²) in [6, 6.07) is 0. The predicted molar refractivity (Wildman–Crippen MR) is 67.0 cm³/mol. The molecule has 1 aliphatic heterocycles. The average Bonchev–Trinajstić information content (AvgIpc) is 2.74. The molecule has 18 heavy (non-hydrogen) atoms. The van der Waals surface area contributed by atoms with E-state index < -0.39 is 11.5 Å². The van der Waals surface area contributed by atoms with E-state index in [1.165, 1.54) is 7.11 Å². The summed E-state index contributed by atoms with van der Waals surface area (Å²) in [7, 11) is 1.26. The Kier molecular flexibility index (Phi) is 3.77. The zero-order chi connectivity index (χ0) is 14.2. The van der Waals surface area contributed by atoms with Crippen LogP contribution in [0.1, 0.15) is 41.0 Å². The minimum atomic E-state index is -0.695. The van der Waals surface area contributed by atoms with Crippen molar-refractivity contribution in [2.75, 3.05) is 13.7 Å². The molecular formula is C13H23NO4. The van der Waals surface area contributed by atoms with E-state index in [9.17, 15) is 9.59 Å².